The molecule has 112 valence electrons. The molecule has 1 saturated carbocycles. The second-order valence-corrected chi connectivity index (χ2v) is 6.05. The Balaban J connectivity index is 2.06. The molecule has 0 radical (unpaired) electrons. The van der Waals surface area contributed by atoms with Crippen LogP contribution in [0.15, 0.2) is 12.2 Å². The maximum absolute atomic E-state index is 12.6. The molecule has 0 bridgehead atoms. The van der Waals surface area contributed by atoms with Crippen LogP contribution >= 0.6 is 0 Å². The Bertz CT molecular complexity index is 413. The molecule has 1 heterocycles. The van der Waals surface area contributed by atoms with Gasteiger partial charge in [-0.05, 0) is 26.3 Å². The lowest BCUT2D eigenvalue weighted by Gasteiger charge is -2.31. The van der Waals surface area contributed by atoms with Crippen molar-refractivity contribution in [1.29, 1.82) is 0 Å². The predicted octanol–water partition coefficient (Wildman–Crippen LogP) is 2.10. The summed E-state index contributed by atoms with van der Waals surface area (Å²) >= 11 is 0. The fourth-order valence-electron chi connectivity index (χ4n) is 3.14. The van der Waals surface area contributed by atoms with Gasteiger partial charge in [0.15, 0.2) is 0 Å². The molecule has 0 aromatic rings. The zero-order valence-corrected chi connectivity index (χ0v) is 12.6. The minimum atomic E-state index is -0.613. The van der Waals surface area contributed by atoms with Crippen molar-refractivity contribution in [2.24, 2.45) is 0 Å². The summed E-state index contributed by atoms with van der Waals surface area (Å²) in [5.74, 6) is -0.0395. The van der Waals surface area contributed by atoms with Gasteiger partial charge in [0.05, 0.1) is 6.67 Å². The first-order valence-corrected chi connectivity index (χ1v) is 7.49. The number of carbonyl (C=O) groups is 2. The van der Waals surface area contributed by atoms with E-state index in [1.54, 1.807) is 0 Å². The molecule has 1 aliphatic carbocycles. The van der Waals surface area contributed by atoms with Gasteiger partial charge in [0.2, 0.25) is 0 Å². The minimum Gasteiger partial charge on any atom is -0.323 e. The molecule has 0 aromatic carbocycles. The van der Waals surface area contributed by atoms with Crippen molar-refractivity contribution in [2.75, 3.05) is 19.8 Å². The number of nitrogens with one attached hydrogen (secondary N) is 1. The van der Waals surface area contributed by atoms with Crippen LogP contribution in [0.3, 0.4) is 0 Å². The van der Waals surface area contributed by atoms with E-state index in [0.29, 0.717) is 13.2 Å². The molecule has 1 aliphatic heterocycles. The molecule has 20 heavy (non-hydrogen) atoms. The zero-order chi connectivity index (χ0) is 14.8. The minimum absolute atomic E-state index is 0.0395. The van der Waals surface area contributed by atoms with Crippen LogP contribution in [0.1, 0.15) is 46.0 Å². The fourth-order valence-corrected chi connectivity index (χ4v) is 3.14. The van der Waals surface area contributed by atoms with E-state index in [2.05, 4.69) is 16.8 Å². The summed E-state index contributed by atoms with van der Waals surface area (Å²) in [6, 6.07) is -0.239. The van der Waals surface area contributed by atoms with E-state index in [1.807, 2.05) is 13.8 Å². The first-order chi connectivity index (χ1) is 9.48. The third kappa shape index (κ3) is 2.87. The van der Waals surface area contributed by atoms with E-state index in [0.717, 1.165) is 44.2 Å². The Kier molecular flexibility index (Phi) is 4.48. The lowest BCUT2D eigenvalue weighted by atomic mass is 9.82. The molecule has 5 heteroatoms. The van der Waals surface area contributed by atoms with Crippen molar-refractivity contribution in [3.8, 4) is 0 Å². The number of imide groups is 1. The van der Waals surface area contributed by atoms with Gasteiger partial charge in [-0.2, -0.15) is 0 Å². The van der Waals surface area contributed by atoms with Crippen molar-refractivity contribution >= 4 is 11.9 Å². The van der Waals surface area contributed by atoms with Gasteiger partial charge in [-0.15, -0.1) is 0 Å². The molecule has 0 unspecified atom stereocenters. The summed E-state index contributed by atoms with van der Waals surface area (Å²) in [4.78, 5) is 28.2. The number of rotatable bonds is 5. The molecule has 1 N–H and O–H groups in total. The highest BCUT2D eigenvalue weighted by Crippen LogP contribution is 2.33. The van der Waals surface area contributed by atoms with Crippen LogP contribution in [-0.2, 0) is 4.79 Å². The lowest BCUT2D eigenvalue weighted by Crippen LogP contribution is -2.49. The SMILES string of the molecule is C=C(C)CN(CC)CN1C(=O)NC2(CCCCC2)C1=O. The lowest BCUT2D eigenvalue weighted by molar-refractivity contribution is -0.133. The van der Waals surface area contributed by atoms with Gasteiger partial charge in [0.1, 0.15) is 5.54 Å². The molecular formula is C15H25N3O2. The first kappa shape index (κ1) is 15.0. The summed E-state index contributed by atoms with van der Waals surface area (Å²) < 4.78 is 0. The van der Waals surface area contributed by atoms with Crippen molar-refractivity contribution < 1.29 is 9.59 Å². The number of carbonyl (C=O) groups excluding carboxylic acids is 2. The largest absolute Gasteiger partial charge is 0.326 e. The van der Waals surface area contributed by atoms with Crippen LogP contribution in [0.2, 0.25) is 0 Å². The summed E-state index contributed by atoms with van der Waals surface area (Å²) in [5.41, 5.74) is 0.420. The zero-order valence-electron chi connectivity index (χ0n) is 12.6. The number of likely N-dealkylation sites (N-methyl/N-ethyl adjacent to an activating group) is 1. The van der Waals surface area contributed by atoms with Gasteiger partial charge in [-0.25, -0.2) is 9.69 Å². The number of hydrogen-bond donors (Lipinski definition) is 1. The summed E-state index contributed by atoms with van der Waals surface area (Å²) in [7, 11) is 0. The van der Waals surface area contributed by atoms with E-state index in [1.165, 1.54) is 4.90 Å². The van der Waals surface area contributed by atoms with Crippen molar-refractivity contribution in [3.63, 3.8) is 0 Å². The average Bonchev–Trinajstić information content (AvgIpc) is 2.62. The van der Waals surface area contributed by atoms with Crippen LogP contribution < -0.4 is 5.32 Å². The molecule has 0 atom stereocenters. The number of hydrogen-bond acceptors (Lipinski definition) is 3. The van der Waals surface area contributed by atoms with Crippen LogP contribution in [0.5, 0.6) is 0 Å². The highest BCUT2D eigenvalue weighted by molar-refractivity contribution is 6.07. The first-order valence-electron chi connectivity index (χ1n) is 7.49. The van der Waals surface area contributed by atoms with Crippen molar-refractivity contribution in [2.45, 2.75) is 51.5 Å². The third-order valence-corrected chi connectivity index (χ3v) is 4.24. The van der Waals surface area contributed by atoms with Gasteiger partial charge in [0.25, 0.3) is 5.91 Å². The maximum Gasteiger partial charge on any atom is 0.326 e. The summed E-state index contributed by atoms with van der Waals surface area (Å²) in [5, 5.41) is 2.94. The molecule has 1 saturated heterocycles. The second kappa shape index (κ2) is 5.95. The summed E-state index contributed by atoms with van der Waals surface area (Å²) in [6.07, 6.45) is 4.75. The van der Waals surface area contributed by atoms with Gasteiger partial charge in [-0.1, -0.05) is 38.3 Å². The third-order valence-electron chi connectivity index (χ3n) is 4.24. The highest BCUT2D eigenvalue weighted by Gasteiger charge is 2.51. The molecule has 2 aliphatic rings. The van der Waals surface area contributed by atoms with Crippen LogP contribution in [0.25, 0.3) is 0 Å². The molecule has 2 fully saturated rings. The standard InChI is InChI=1S/C15H25N3O2/c1-4-17(10-12(2)3)11-18-13(19)15(16-14(18)20)8-6-5-7-9-15/h2,4-11H2,1,3H3,(H,16,20). The van der Waals surface area contributed by atoms with Crippen molar-refractivity contribution in [1.82, 2.24) is 15.1 Å². The molecule has 0 aromatic heterocycles. The highest BCUT2D eigenvalue weighted by atomic mass is 16.2. The van der Waals surface area contributed by atoms with E-state index in [-0.39, 0.29) is 11.9 Å². The number of urea groups is 1. The molecule has 5 nitrogen and oxygen atoms in total. The second-order valence-electron chi connectivity index (χ2n) is 6.05. The molecule has 2 rings (SSSR count). The van der Waals surface area contributed by atoms with Crippen molar-refractivity contribution in [3.05, 3.63) is 12.2 Å². The Labute approximate surface area is 121 Å². The van der Waals surface area contributed by atoms with Gasteiger partial charge >= 0.3 is 6.03 Å². The van der Waals surface area contributed by atoms with E-state index in [9.17, 15) is 9.59 Å². The van der Waals surface area contributed by atoms with E-state index in [4.69, 9.17) is 0 Å². The van der Waals surface area contributed by atoms with Crippen LogP contribution in [-0.4, -0.2) is 47.0 Å². The summed E-state index contributed by atoms with van der Waals surface area (Å²) in [6.45, 7) is 9.73. The fraction of sp³-hybridized carbons (Fsp3) is 0.733. The quantitative estimate of drug-likeness (QED) is 0.619. The van der Waals surface area contributed by atoms with Gasteiger partial charge in [0, 0.05) is 6.54 Å². The average molecular weight is 279 g/mol. The topological polar surface area (TPSA) is 52.6 Å². The van der Waals surface area contributed by atoms with E-state index < -0.39 is 5.54 Å². The van der Waals surface area contributed by atoms with Crippen LogP contribution in [0.4, 0.5) is 4.79 Å². The van der Waals surface area contributed by atoms with Gasteiger partial charge in [-0.3, -0.25) is 9.69 Å². The Morgan fingerprint density at radius 1 is 1.35 bits per heavy atom. The Morgan fingerprint density at radius 3 is 2.55 bits per heavy atom. The van der Waals surface area contributed by atoms with Crippen LogP contribution in [0, 0.1) is 0 Å². The van der Waals surface area contributed by atoms with E-state index >= 15 is 0 Å². The maximum atomic E-state index is 12.6. The Hall–Kier alpha value is -1.36. The monoisotopic (exact) mass is 279 g/mol. The number of nitrogens with zero attached hydrogens (tertiary/aromatic N) is 2. The molecular weight excluding hydrogens is 254 g/mol. The predicted molar refractivity (Wildman–Crippen MR) is 78.1 cm³/mol. The number of amides is 3. The smallest absolute Gasteiger partial charge is 0.323 e. The normalized spacial score (nSPS) is 21.6. The Morgan fingerprint density at radius 2 is 2.00 bits per heavy atom. The molecule has 3 amide bonds. The van der Waals surface area contributed by atoms with Gasteiger partial charge < -0.3 is 5.32 Å². The molecule has 1 spiro atoms.